The highest BCUT2D eigenvalue weighted by Crippen LogP contribution is 2.31. The van der Waals surface area contributed by atoms with Crippen LogP contribution in [0.25, 0.3) is 0 Å². The molecule has 1 rings (SSSR count). The van der Waals surface area contributed by atoms with Crippen molar-refractivity contribution in [1.82, 2.24) is 10.2 Å². The largest absolute Gasteiger partial charge is 0.307 e. The van der Waals surface area contributed by atoms with Crippen LogP contribution in [0.2, 0.25) is 0 Å². The molecule has 1 N–H and O–H groups in total. The molecule has 1 aliphatic heterocycles. The van der Waals surface area contributed by atoms with Crippen LogP contribution in [0.5, 0.6) is 0 Å². The summed E-state index contributed by atoms with van der Waals surface area (Å²) in [4.78, 5) is 2.57. The first-order valence-electron chi connectivity index (χ1n) is 6.68. The van der Waals surface area contributed by atoms with Gasteiger partial charge in [0.25, 0.3) is 0 Å². The molecule has 0 aromatic carbocycles. The standard InChI is InChI=1S/C14H30N2/c1-8-11(2)16(7)12-9-13(3,4)15-14(5,6)10-12/h11-12,15H,8-10H2,1-7H3. The van der Waals surface area contributed by atoms with Crippen molar-refractivity contribution < 1.29 is 0 Å². The van der Waals surface area contributed by atoms with Crippen molar-refractivity contribution >= 4 is 0 Å². The summed E-state index contributed by atoms with van der Waals surface area (Å²) in [6.07, 6.45) is 3.73. The van der Waals surface area contributed by atoms with E-state index in [0.717, 1.165) is 0 Å². The van der Waals surface area contributed by atoms with Gasteiger partial charge in [0.15, 0.2) is 0 Å². The van der Waals surface area contributed by atoms with E-state index in [2.05, 4.69) is 58.8 Å². The summed E-state index contributed by atoms with van der Waals surface area (Å²) in [5.74, 6) is 0. The Labute approximate surface area is 102 Å². The van der Waals surface area contributed by atoms with Gasteiger partial charge in [-0.05, 0) is 60.9 Å². The molecule has 1 atom stereocenters. The lowest BCUT2D eigenvalue weighted by molar-refractivity contribution is 0.0603. The number of rotatable bonds is 3. The Balaban J connectivity index is 2.74. The minimum atomic E-state index is 0.258. The zero-order valence-corrected chi connectivity index (χ0v) is 12.2. The minimum Gasteiger partial charge on any atom is -0.307 e. The molecule has 1 aliphatic rings. The summed E-state index contributed by atoms with van der Waals surface area (Å²) in [7, 11) is 2.29. The first kappa shape index (κ1) is 14.0. The van der Waals surface area contributed by atoms with E-state index in [1.54, 1.807) is 0 Å². The predicted molar refractivity (Wildman–Crippen MR) is 71.8 cm³/mol. The Kier molecular flexibility index (Phi) is 4.07. The van der Waals surface area contributed by atoms with Gasteiger partial charge in [-0.1, -0.05) is 6.92 Å². The van der Waals surface area contributed by atoms with Crippen LogP contribution < -0.4 is 5.32 Å². The van der Waals surface area contributed by atoms with Crippen LogP contribution in [0.1, 0.15) is 60.8 Å². The van der Waals surface area contributed by atoms with Gasteiger partial charge in [0.1, 0.15) is 0 Å². The molecule has 1 heterocycles. The third-order valence-corrected chi connectivity index (χ3v) is 4.03. The maximum Gasteiger partial charge on any atom is 0.0145 e. The average Bonchev–Trinajstić information content (AvgIpc) is 2.10. The zero-order valence-electron chi connectivity index (χ0n) is 12.2. The third kappa shape index (κ3) is 3.46. The lowest BCUT2D eigenvalue weighted by atomic mass is 9.79. The normalized spacial score (nSPS) is 27.0. The van der Waals surface area contributed by atoms with Gasteiger partial charge in [0.05, 0.1) is 0 Å². The van der Waals surface area contributed by atoms with Crippen molar-refractivity contribution in [2.45, 2.75) is 84.0 Å². The van der Waals surface area contributed by atoms with Crippen molar-refractivity contribution in [3.63, 3.8) is 0 Å². The molecule has 0 aliphatic carbocycles. The summed E-state index contributed by atoms with van der Waals surface area (Å²) in [6.45, 7) is 13.9. The molecule has 16 heavy (non-hydrogen) atoms. The van der Waals surface area contributed by atoms with Crippen molar-refractivity contribution in [3.05, 3.63) is 0 Å². The average molecular weight is 226 g/mol. The van der Waals surface area contributed by atoms with Crippen LogP contribution >= 0.6 is 0 Å². The van der Waals surface area contributed by atoms with Crippen molar-refractivity contribution in [3.8, 4) is 0 Å². The number of hydrogen-bond donors (Lipinski definition) is 1. The predicted octanol–water partition coefficient (Wildman–Crippen LogP) is 3.03. The molecule has 2 heteroatoms. The number of nitrogens with one attached hydrogen (secondary N) is 1. The van der Waals surface area contributed by atoms with Crippen LogP contribution in [-0.4, -0.2) is 35.1 Å². The molecule has 0 bridgehead atoms. The Morgan fingerprint density at radius 2 is 1.62 bits per heavy atom. The lowest BCUT2D eigenvalue weighted by Gasteiger charge is -2.50. The molecule has 0 spiro atoms. The molecule has 1 fully saturated rings. The first-order chi connectivity index (χ1) is 7.17. The van der Waals surface area contributed by atoms with Crippen LogP contribution in [0.15, 0.2) is 0 Å². The summed E-state index contributed by atoms with van der Waals surface area (Å²) >= 11 is 0. The van der Waals surface area contributed by atoms with Crippen LogP contribution in [0.3, 0.4) is 0 Å². The van der Waals surface area contributed by atoms with E-state index in [4.69, 9.17) is 0 Å². The van der Waals surface area contributed by atoms with Crippen LogP contribution in [0, 0.1) is 0 Å². The summed E-state index contributed by atoms with van der Waals surface area (Å²) in [5.41, 5.74) is 0.516. The molecule has 0 aromatic rings. The van der Waals surface area contributed by atoms with E-state index >= 15 is 0 Å². The molecule has 0 saturated carbocycles. The maximum atomic E-state index is 3.75. The Morgan fingerprint density at radius 1 is 1.19 bits per heavy atom. The fraction of sp³-hybridized carbons (Fsp3) is 1.00. The monoisotopic (exact) mass is 226 g/mol. The Bertz CT molecular complexity index is 217. The SMILES string of the molecule is CCC(C)N(C)C1CC(C)(C)NC(C)(C)C1. The molecular weight excluding hydrogens is 196 g/mol. The smallest absolute Gasteiger partial charge is 0.0145 e. The molecule has 2 nitrogen and oxygen atoms in total. The van der Waals surface area contributed by atoms with E-state index in [1.165, 1.54) is 19.3 Å². The van der Waals surface area contributed by atoms with E-state index in [-0.39, 0.29) is 11.1 Å². The van der Waals surface area contributed by atoms with Gasteiger partial charge in [-0.15, -0.1) is 0 Å². The highest BCUT2D eigenvalue weighted by molar-refractivity contribution is 5.00. The van der Waals surface area contributed by atoms with E-state index in [1.807, 2.05) is 0 Å². The van der Waals surface area contributed by atoms with Gasteiger partial charge < -0.3 is 10.2 Å². The van der Waals surface area contributed by atoms with Crippen LogP contribution in [0.4, 0.5) is 0 Å². The van der Waals surface area contributed by atoms with Crippen molar-refractivity contribution in [2.24, 2.45) is 0 Å². The first-order valence-corrected chi connectivity index (χ1v) is 6.68. The summed E-state index contributed by atoms with van der Waals surface area (Å²) < 4.78 is 0. The van der Waals surface area contributed by atoms with Gasteiger partial charge >= 0.3 is 0 Å². The van der Waals surface area contributed by atoms with Gasteiger partial charge in [-0.25, -0.2) is 0 Å². The van der Waals surface area contributed by atoms with E-state index in [9.17, 15) is 0 Å². The Morgan fingerprint density at radius 3 is 2.00 bits per heavy atom. The topological polar surface area (TPSA) is 15.3 Å². The molecule has 1 saturated heterocycles. The fourth-order valence-corrected chi connectivity index (χ4v) is 3.20. The van der Waals surface area contributed by atoms with Crippen LogP contribution in [-0.2, 0) is 0 Å². The van der Waals surface area contributed by atoms with Gasteiger partial charge in [-0.3, -0.25) is 0 Å². The second-order valence-electron chi connectivity index (χ2n) is 6.88. The Hall–Kier alpha value is -0.0800. The molecule has 0 amide bonds. The molecule has 96 valence electrons. The second-order valence-corrected chi connectivity index (χ2v) is 6.88. The number of hydrogen-bond acceptors (Lipinski definition) is 2. The third-order valence-electron chi connectivity index (χ3n) is 4.03. The quantitative estimate of drug-likeness (QED) is 0.796. The molecule has 1 unspecified atom stereocenters. The summed E-state index contributed by atoms with van der Waals surface area (Å²) in [5, 5.41) is 3.75. The second kappa shape index (κ2) is 4.66. The van der Waals surface area contributed by atoms with Gasteiger partial charge in [0.2, 0.25) is 0 Å². The lowest BCUT2D eigenvalue weighted by Crippen LogP contribution is -2.62. The number of piperidine rings is 1. The number of nitrogens with zero attached hydrogens (tertiary/aromatic N) is 1. The van der Waals surface area contributed by atoms with E-state index < -0.39 is 0 Å². The highest BCUT2D eigenvalue weighted by atomic mass is 15.2. The van der Waals surface area contributed by atoms with Crippen molar-refractivity contribution in [1.29, 1.82) is 0 Å². The fourth-order valence-electron chi connectivity index (χ4n) is 3.20. The van der Waals surface area contributed by atoms with Crippen molar-refractivity contribution in [2.75, 3.05) is 7.05 Å². The molecule has 0 radical (unpaired) electrons. The van der Waals surface area contributed by atoms with Gasteiger partial charge in [0, 0.05) is 23.2 Å². The summed E-state index contributed by atoms with van der Waals surface area (Å²) in [6, 6.07) is 1.40. The van der Waals surface area contributed by atoms with Gasteiger partial charge in [-0.2, -0.15) is 0 Å². The minimum absolute atomic E-state index is 0.258. The molecule has 0 aromatic heterocycles. The van der Waals surface area contributed by atoms with E-state index in [0.29, 0.717) is 12.1 Å². The highest BCUT2D eigenvalue weighted by Gasteiger charge is 2.39. The zero-order chi connectivity index (χ0) is 12.6. The maximum absolute atomic E-state index is 3.75. The molecular formula is C14H30N2.